The molecule has 3 aliphatic rings. The van der Waals surface area contributed by atoms with Crippen molar-refractivity contribution in [2.45, 2.75) is 45.2 Å². The molecule has 0 N–H and O–H groups in total. The van der Waals surface area contributed by atoms with Crippen LogP contribution in [0.2, 0.25) is 0 Å². The zero-order chi connectivity index (χ0) is 20.7. The van der Waals surface area contributed by atoms with Crippen LogP contribution in [0.3, 0.4) is 0 Å². The van der Waals surface area contributed by atoms with Crippen molar-refractivity contribution in [1.82, 2.24) is 30.0 Å². The van der Waals surface area contributed by atoms with E-state index in [0.717, 1.165) is 38.2 Å². The second kappa shape index (κ2) is 7.81. The molecule has 3 heterocycles. The Morgan fingerprint density at radius 1 is 1.10 bits per heavy atom. The van der Waals surface area contributed by atoms with Crippen LogP contribution in [0.5, 0.6) is 0 Å². The lowest BCUT2D eigenvalue weighted by molar-refractivity contribution is -0.140. The Morgan fingerprint density at radius 3 is 2.57 bits per heavy atom. The minimum Gasteiger partial charge on any atom is -0.342 e. The van der Waals surface area contributed by atoms with Gasteiger partial charge in [0.05, 0.1) is 12.6 Å². The molecule has 2 aromatic rings. The van der Waals surface area contributed by atoms with E-state index in [-0.39, 0.29) is 17.9 Å². The predicted octanol–water partition coefficient (Wildman–Crippen LogP) is 1.83. The highest BCUT2D eigenvalue weighted by Gasteiger charge is 2.51. The highest BCUT2D eigenvalue weighted by Crippen LogP contribution is 2.46. The molecule has 3 atom stereocenters. The zero-order valence-electron chi connectivity index (χ0n) is 17.4. The summed E-state index contributed by atoms with van der Waals surface area (Å²) < 4.78 is 1.67. The van der Waals surface area contributed by atoms with Crippen molar-refractivity contribution in [1.29, 1.82) is 0 Å². The van der Waals surface area contributed by atoms with E-state index in [2.05, 4.69) is 32.6 Å². The first-order valence-corrected chi connectivity index (χ1v) is 11.0. The van der Waals surface area contributed by atoms with Gasteiger partial charge in [0.2, 0.25) is 11.8 Å². The topological polar surface area (TPSA) is 84.2 Å². The summed E-state index contributed by atoms with van der Waals surface area (Å²) in [5.41, 5.74) is 1.19. The van der Waals surface area contributed by atoms with Crippen LogP contribution in [0.4, 0.5) is 0 Å². The molecule has 2 aliphatic heterocycles. The van der Waals surface area contributed by atoms with Crippen LogP contribution in [0.15, 0.2) is 30.3 Å². The van der Waals surface area contributed by atoms with Gasteiger partial charge in [-0.05, 0) is 35.8 Å². The van der Waals surface area contributed by atoms with E-state index in [1.807, 2.05) is 30.0 Å². The highest BCUT2D eigenvalue weighted by molar-refractivity contribution is 5.81. The number of amides is 2. The Balaban J connectivity index is 1.30. The number of aryl methyl sites for hydroxylation is 2. The van der Waals surface area contributed by atoms with E-state index in [9.17, 15) is 9.59 Å². The van der Waals surface area contributed by atoms with Crippen molar-refractivity contribution in [3.8, 4) is 0 Å². The minimum absolute atomic E-state index is 0.0730. The molecule has 0 bridgehead atoms. The maximum Gasteiger partial charge on any atom is 0.226 e. The van der Waals surface area contributed by atoms with Gasteiger partial charge >= 0.3 is 0 Å². The van der Waals surface area contributed by atoms with E-state index in [0.29, 0.717) is 37.3 Å². The summed E-state index contributed by atoms with van der Waals surface area (Å²) >= 11 is 0. The number of benzene rings is 1. The summed E-state index contributed by atoms with van der Waals surface area (Å²) in [6, 6.07) is 10.4. The molecule has 1 saturated carbocycles. The highest BCUT2D eigenvalue weighted by atomic mass is 16.2. The molecule has 0 spiro atoms. The SMILES string of the molecule is Cc1nnnn1CCC(=O)N1C[C@H]2CN(C(=O)C3CCC3)[C@H](c3ccccc3)[C@H]2C1. The van der Waals surface area contributed by atoms with E-state index in [1.54, 1.807) is 4.68 Å². The molecule has 0 unspecified atom stereocenters. The molecule has 2 amide bonds. The first kappa shape index (κ1) is 19.2. The lowest BCUT2D eigenvalue weighted by atomic mass is 9.83. The number of hydrogen-bond acceptors (Lipinski definition) is 5. The fourth-order valence-corrected chi connectivity index (χ4v) is 5.26. The Labute approximate surface area is 176 Å². The van der Waals surface area contributed by atoms with Crippen LogP contribution in [-0.4, -0.2) is 61.5 Å². The summed E-state index contributed by atoms with van der Waals surface area (Å²) in [5.74, 6) is 2.02. The minimum atomic E-state index is 0.0730. The van der Waals surface area contributed by atoms with Crippen molar-refractivity contribution in [2.24, 2.45) is 17.8 Å². The number of nitrogens with zero attached hydrogens (tertiary/aromatic N) is 6. The van der Waals surface area contributed by atoms with Gasteiger partial charge in [-0.15, -0.1) is 5.10 Å². The monoisotopic (exact) mass is 408 g/mol. The van der Waals surface area contributed by atoms with Gasteiger partial charge in [-0.25, -0.2) is 4.68 Å². The number of aromatic nitrogens is 4. The van der Waals surface area contributed by atoms with Gasteiger partial charge in [0.1, 0.15) is 5.82 Å². The van der Waals surface area contributed by atoms with Gasteiger partial charge in [0.15, 0.2) is 0 Å². The standard InChI is InChI=1S/C22H28N6O2/c1-15-23-24-25-28(15)11-10-20(29)26-12-18-13-27(22(30)17-8-5-9-17)21(19(18)14-26)16-6-3-2-4-7-16/h2-4,6-7,17-19,21H,5,8-14H2,1H3/t18-,19-,21+/m0/s1. The lowest BCUT2D eigenvalue weighted by Crippen LogP contribution is -2.41. The molecule has 1 aromatic carbocycles. The molecule has 158 valence electrons. The van der Waals surface area contributed by atoms with Gasteiger partial charge in [-0.1, -0.05) is 36.8 Å². The summed E-state index contributed by atoms with van der Waals surface area (Å²) in [5, 5.41) is 11.4. The van der Waals surface area contributed by atoms with Crippen LogP contribution in [0.25, 0.3) is 0 Å². The maximum atomic E-state index is 13.1. The van der Waals surface area contributed by atoms with Crippen molar-refractivity contribution >= 4 is 11.8 Å². The Kier molecular flexibility index (Phi) is 5.00. The van der Waals surface area contributed by atoms with Gasteiger partial charge in [-0.3, -0.25) is 9.59 Å². The van der Waals surface area contributed by atoms with E-state index < -0.39 is 0 Å². The number of tetrazole rings is 1. The van der Waals surface area contributed by atoms with Crippen LogP contribution >= 0.6 is 0 Å². The van der Waals surface area contributed by atoms with Gasteiger partial charge in [-0.2, -0.15) is 0 Å². The molecule has 1 aliphatic carbocycles. The number of fused-ring (bicyclic) bond motifs is 1. The third-order valence-corrected chi connectivity index (χ3v) is 7.14. The fourth-order valence-electron chi connectivity index (χ4n) is 5.26. The van der Waals surface area contributed by atoms with Crippen LogP contribution in [0.1, 0.15) is 43.1 Å². The van der Waals surface area contributed by atoms with E-state index in [1.165, 1.54) is 5.56 Å². The number of carbonyl (C=O) groups excluding carboxylic acids is 2. The van der Waals surface area contributed by atoms with Gasteiger partial charge in [0.25, 0.3) is 0 Å². The second-order valence-corrected chi connectivity index (χ2v) is 8.90. The molecular formula is C22H28N6O2. The number of likely N-dealkylation sites (tertiary alicyclic amines) is 2. The molecule has 2 saturated heterocycles. The zero-order valence-corrected chi connectivity index (χ0v) is 17.4. The summed E-state index contributed by atoms with van der Waals surface area (Å²) in [7, 11) is 0. The Morgan fingerprint density at radius 2 is 1.90 bits per heavy atom. The molecule has 8 heteroatoms. The first-order valence-electron chi connectivity index (χ1n) is 11.0. The summed E-state index contributed by atoms with van der Waals surface area (Å²) in [6.07, 6.45) is 3.60. The normalized spacial score (nSPS) is 26.0. The lowest BCUT2D eigenvalue weighted by Gasteiger charge is -2.35. The number of carbonyl (C=O) groups is 2. The smallest absolute Gasteiger partial charge is 0.226 e. The van der Waals surface area contributed by atoms with Crippen molar-refractivity contribution in [3.05, 3.63) is 41.7 Å². The molecular weight excluding hydrogens is 380 g/mol. The molecule has 30 heavy (non-hydrogen) atoms. The summed E-state index contributed by atoms with van der Waals surface area (Å²) in [4.78, 5) is 30.1. The predicted molar refractivity (Wildman–Crippen MR) is 109 cm³/mol. The maximum absolute atomic E-state index is 13.1. The van der Waals surface area contributed by atoms with Crippen LogP contribution in [-0.2, 0) is 16.1 Å². The third kappa shape index (κ3) is 3.38. The molecule has 3 fully saturated rings. The second-order valence-electron chi connectivity index (χ2n) is 8.90. The van der Waals surface area contributed by atoms with Crippen molar-refractivity contribution in [3.63, 3.8) is 0 Å². The molecule has 5 rings (SSSR count). The Hall–Kier alpha value is -2.77. The van der Waals surface area contributed by atoms with Crippen molar-refractivity contribution in [2.75, 3.05) is 19.6 Å². The Bertz CT molecular complexity index is 925. The van der Waals surface area contributed by atoms with E-state index >= 15 is 0 Å². The van der Waals surface area contributed by atoms with Crippen molar-refractivity contribution < 1.29 is 9.59 Å². The van der Waals surface area contributed by atoms with Gasteiger partial charge < -0.3 is 9.80 Å². The number of hydrogen-bond donors (Lipinski definition) is 0. The average molecular weight is 409 g/mol. The molecule has 1 aromatic heterocycles. The molecule has 0 radical (unpaired) electrons. The number of rotatable bonds is 5. The quantitative estimate of drug-likeness (QED) is 0.754. The van der Waals surface area contributed by atoms with Gasteiger partial charge in [0, 0.05) is 43.8 Å². The summed E-state index contributed by atoms with van der Waals surface area (Å²) in [6.45, 7) is 4.54. The fraction of sp³-hybridized carbons (Fsp3) is 0.591. The van der Waals surface area contributed by atoms with Crippen LogP contribution in [0, 0.1) is 24.7 Å². The first-order chi connectivity index (χ1) is 14.6. The largest absolute Gasteiger partial charge is 0.342 e. The van der Waals surface area contributed by atoms with E-state index in [4.69, 9.17) is 0 Å². The average Bonchev–Trinajstić information content (AvgIpc) is 3.39. The molecule has 8 nitrogen and oxygen atoms in total. The third-order valence-electron chi connectivity index (χ3n) is 7.14. The van der Waals surface area contributed by atoms with Crippen LogP contribution < -0.4 is 0 Å².